The SMILES string of the molecule is OCCN(C1CCCCC1)C1CCOC2(CCC2)C1. The standard InChI is InChI=1S/C16H29NO2/c18-11-10-17(14-5-2-1-3-6-14)15-7-12-19-16(13-15)8-4-9-16/h14-15,18H,1-13H2. The number of rotatable bonds is 4. The lowest BCUT2D eigenvalue weighted by Gasteiger charge is -2.51. The van der Waals surface area contributed by atoms with Gasteiger partial charge in [0.25, 0.3) is 0 Å². The van der Waals surface area contributed by atoms with Crippen LogP contribution in [0.4, 0.5) is 0 Å². The molecule has 0 amide bonds. The Balaban J connectivity index is 1.64. The summed E-state index contributed by atoms with van der Waals surface area (Å²) in [7, 11) is 0. The maximum Gasteiger partial charge on any atom is 0.0697 e. The van der Waals surface area contributed by atoms with Crippen molar-refractivity contribution in [2.75, 3.05) is 19.8 Å². The number of hydrogen-bond acceptors (Lipinski definition) is 3. The highest BCUT2D eigenvalue weighted by Crippen LogP contribution is 2.44. The Hall–Kier alpha value is -0.120. The molecule has 0 bridgehead atoms. The highest BCUT2D eigenvalue weighted by atomic mass is 16.5. The normalized spacial score (nSPS) is 31.6. The van der Waals surface area contributed by atoms with Gasteiger partial charge in [-0.2, -0.15) is 0 Å². The molecule has 110 valence electrons. The Labute approximate surface area is 117 Å². The summed E-state index contributed by atoms with van der Waals surface area (Å²) in [5.74, 6) is 0. The van der Waals surface area contributed by atoms with E-state index in [9.17, 15) is 5.11 Å². The Bertz CT molecular complexity index is 284. The molecule has 1 atom stereocenters. The van der Waals surface area contributed by atoms with Crippen molar-refractivity contribution in [2.24, 2.45) is 0 Å². The second-order valence-electron chi connectivity index (χ2n) is 6.78. The van der Waals surface area contributed by atoms with Gasteiger partial charge in [-0.1, -0.05) is 19.3 Å². The van der Waals surface area contributed by atoms with Crippen LogP contribution in [-0.2, 0) is 4.74 Å². The maximum absolute atomic E-state index is 9.43. The van der Waals surface area contributed by atoms with E-state index in [4.69, 9.17) is 4.74 Å². The Morgan fingerprint density at radius 3 is 2.42 bits per heavy atom. The Morgan fingerprint density at radius 1 is 1.00 bits per heavy atom. The molecule has 0 aromatic carbocycles. The van der Waals surface area contributed by atoms with Gasteiger partial charge in [0, 0.05) is 25.2 Å². The summed E-state index contributed by atoms with van der Waals surface area (Å²) in [6.07, 6.45) is 13.1. The molecular weight excluding hydrogens is 238 g/mol. The molecule has 0 radical (unpaired) electrons. The molecule has 1 spiro atoms. The quantitative estimate of drug-likeness (QED) is 0.850. The molecule has 19 heavy (non-hydrogen) atoms. The van der Waals surface area contributed by atoms with Crippen LogP contribution in [0.5, 0.6) is 0 Å². The largest absolute Gasteiger partial charge is 0.395 e. The predicted octanol–water partition coefficient (Wildman–Crippen LogP) is 2.72. The average molecular weight is 267 g/mol. The Kier molecular flexibility index (Phi) is 4.45. The van der Waals surface area contributed by atoms with Crippen molar-refractivity contribution in [3.8, 4) is 0 Å². The zero-order chi connectivity index (χ0) is 13.1. The topological polar surface area (TPSA) is 32.7 Å². The Morgan fingerprint density at radius 2 is 1.79 bits per heavy atom. The third-order valence-corrected chi connectivity index (χ3v) is 5.60. The maximum atomic E-state index is 9.43. The van der Waals surface area contributed by atoms with E-state index in [1.165, 1.54) is 57.8 Å². The molecule has 3 rings (SSSR count). The van der Waals surface area contributed by atoms with Crippen LogP contribution in [0.15, 0.2) is 0 Å². The van der Waals surface area contributed by atoms with E-state index in [1.807, 2.05) is 0 Å². The summed E-state index contributed by atoms with van der Waals surface area (Å²) in [5.41, 5.74) is 0.227. The molecule has 1 saturated heterocycles. The van der Waals surface area contributed by atoms with Crippen molar-refractivity contribution in [1.29, 1.82) is 0 Å². The zero-order valence-electron chi connectivity index (χ0n) is 12.1. The van der Waals surface area contributed by atoms with Crippen LogP contribution in [0.1, 0.15) is 64.2 Å². The first-order valence-electron chi connectivity index (χ1n) is 8.34. The zero-order valence-corrected chi connectivity index (χ0v) is 12.1. The lowest BCUT2D eigenvalue weighted by atomic mass is 9.73. The van der Waals surface area contributed by atoms with Crippen LogP contribution in [0, 0.1) is 0 Å². The van der Waals surface area contributed by atoms with E-state index in [0.717, 1.165) is 25.6 Å². The molecule has 3 fully saturated rings. The lowest BCUT2D eigenvalue weighted by molar-refractivity contribution is -0.153. The van der Waals surface area contributed by atoms with E-state index in [0.29, 0.717) is 12.6 Å². The van der Waals surface area contributed by atoms with Crippen molar-refractivity contribution in [1.82, 2.24) is 4.90 Å². The van der Waals surface area contributed by atoms with Crippen molar-refractivity contribution in [2.45, 2.75) is 81.9 Å². The molecule has 2 saturated carbocycles. The van der Waals surface area contributed by atoms with Crippen molar-refractivity contribution < 1.29 is 9.84 Å². The summed E-state index contributed by atoms with van der Waals surface area (Å²) < 4.78 is 6.06. The molecule has 1 N–H and O–H groups in total. The van der Waals surface area contributed by atoms with Crippen LogP contribution in [0.25, 0.3) is 0 Å². The number of hydrogen-bond donors (Lipinski definition) is 1. The third-order valence-electron chi connectivity index (χ3n) is 5.60. The van der Waals surface area contributed by atoms with E-state index < -0.39 is 0 Å². The molecule has 1 unspecified atom stereocenters. The van der Waals surface area contributed by atoms with Crippen LogP contribution in [0.3, 0.4) is 0 Å². The van der Waals surface area contributed by atoms with E-state index in [1.54, 1.807) is 0 Å². The van der Waals surface area contributed by atoms with Crippen molar-refractivity contribution >= 4 is 0 Å². The van der Waals surface area contributed by atoms with E-state index >= 15 is 0 Å². The molecule has 2 aliphatic carbocycles. The summed E-state index contributed by atoms with van der Waals surface area (Å²) in [6.45, 7) is 2.10. The van der Waals surface area contributed by atoms with E-state index in [2.05, 4.69) is 4.90 Å². The summed E-state index contributed by atoms with van der Waals surface area (Å²) in [6, 6.07) is 1.38. The monoisotopic (exact) mass is 267 g/mol. The molecule has 3 nitrogen and oxygen atoms in total. The number of aliphatic hydroxyl groups excluding tert-OH is 1. The van der Waals surface area contributed by atoms with Gasteiger partial charge in [0.1, 0.15) is 0 Å². The summed E-state index contributed by atoms with van der Waals surface area (Å²) in [5, 5.41) is 9.43. The first kappa shape index (κ1) is 13.8. The van der Waals surface area contributed by atoms with E-state index in [-0.39, 0.29) is 5.60 Å². The van der Waals surface area contributed by atoms with Gasteiger partial charge in [-0.25, -0.2) is 0 Å². The highest BCUT2D eigenvalue weighted by Gasteiger charge is 2.44. The molecular formula is C16H29NO2. The van der Waals surface area contributed by atoms with Crippen LogP contribution in [0.2, 0.25) is 0 Å². The van der Waals surface area contributed by atoms with Gasteiger partial charge < -0.3 is 9.84 Å². The minimum Gasteiger partial charge on any atom is -0.395 e. The van der Waals surface area contributed by atoms with Crippen molar-refractivity contribution in [3.63, 3.8) is 0 Å². The van der Waals surface area contributed by atoms with Crippen LogP contribution < -0.4 is 0 Å². The van der Waals surface area contributed by atoms with Crippen LogP contribution >= 0.6 is 0 Å². The summed E-state index contributed by atoms with van der Waals surface area (Å²) >= 11 is 0. The fourth-order valence-electron chi connectivity index (χ4n) is 4.40. The van der Waals surface area contributed by atoms with Gasteiger partial charge in [-0.15, -0.1) is 0 Å². The molecule has 1 heterocycles. The van der Waals surface area contributed by atoms with Gasteiger partial charge in [-0.05, 0) is 44.9 Å². The third kappa shape index (κ3) is 2.98. The van der Waals surface area contributed by atoms with Gasteiger partial charge in [0.05, 0.1) is 12.2 Å². The molecule has 0 aromatic heterocycles. The fraction of sp³-hybridized carbons (Fsp3) is 1.00. The highest BCUT2D eigenvalue weighted by molar-refractivity contribution is 4.97. The van der Waals surface area contributed by atoms with Gasteiger partial charge in [-0.3, -0.25) is 4.90 Å². The first-order valence-corrected chi connectivity index (χ1v) is 8.34. The number of aliphatic hydroxyl groups is 1. The predicted molar refractivity (Wildman–Crippen MR) is 76.2 cm³/mol. The number of nitrogens with zero attached hydrogens (tertiary/aromatic N) is 1. The molecule has 3 heteroatoms. The molecule has 0 aromatic rings. The summed E-state index contributed by atoms with van der Waals surface area (Å²) in [4.78, 5) is 2.64. The minimum atomic E-state index is 0.227. The first-order chi connectivity index (χ1) is 9.33. The van der Waals surface area contributed by atoms with Crippen molar-refractivity contribution in [3.05, 3.63) is 0 Å². The van der Waals surface area contributed by atoms with Gasteiger partial charge in [0.15, 0.2) is 0 Å². The minimum absolute atomic E-state index is 0.227. The second kappa shape index (κ2) is 6.11. The van der Waals surface area contributed by atoms with Crippen LogP contribution in [-0.4, -0.2) is 47.4 Å². The number of ether oxygens (including phenoxy) is 1. The lowest BCUT2D eigenvalue weighted by Crippen LogP contribution is -2.55. The van der Waals surface area contributed by atoms with Gasteiger partial charge >= 0.3 is 0 Å². The average Bonchev–Trinajstić information content (AvgIpc) is 2.44. The molecule has 1 aliphatic heterocycles. The smallest absolute Gasteiger partial charge is 0.0697 e. The molecule has 3 aliphatic rings. The fourth-order valence-corrected chi connectivity index (χ4v) is 4.40. The van der Waals surface area contributed by atoms with Gasteiger partial charge in [0.2, 0.25) is 0 Å². The second-order valence-corrected chi connectivity index (χ2v) is 6.78.